The van der Waals surface area contributed by atoms with Crippen LogP contribution in [-0.2, 0) is 9.59 Å². The molecule has 8 heteroatoms. The van der Waals surface area contributed by atoms with Gasteiger partial charge in [-0.15, -0.1) is 0 Å². The summed E-state index contributed by atoms with van der Waals surface area (Å²) in [6.45, 7) is 0. The number of hydrogen-bond acceptors (Lipinski definition) is 2. The van der Waals surface area contributed by atoms with Crippen molar-refractivity contribution in [2.75, 3.05) is 0 Å². The van der Waals surface area contributed by atoms with E-state index in [0.717, 1.165) is 0 Å². The quantitative estimate of drug-likeness (QED) is 0.176. The van der Waals surface area contributed by atoms with Crippen LogP contribution in [0.3, 0.4) is 0 Å². The first kappa shape index (κ1) is 8.14. The highest BCUT2D eigenvalue weighted by Gasteiger charge is 2.05. The van der Waals surface area contributed by atoms with E-state index in [4.69, 9.17) is 11.1 Å². The van der Waals surface area contributed by atoms with Gasteiger partial charge < -0.3 is 0 Å². The standard InChI is InChI=1S/C2H4N6O2/c3-7-5-1(9)2(10)6-8-4/h7-8H,(H2-2,3,4,5,6,9,10). The lowest BCUT2D eigenvalue weighted by Crippen LogP contribution is -2.83. The van der Waals surface area contributed by atoms with E-state index in [1.807, 2.05) is 0 Å². The molecule has 0 radical (unpaired) electrons. The van der Waals surface area contributed by atoms with Crippen molar-refractivity contribution in [3.8, 4) is 0 Å². The Balaban J connectivity index is 3.81. The van der Waals surface area contributed by atoms with Crippen LogP contribution in [0.5, 0.6) is 0 Å². The van der Waals surface area contributed by atoms with Gasteiger partial charge in [-0.3, -0.25) is 9.59 Å². The first-order chi connectivity index (χ1) is 4.72. The molecular weight excluding hydrogens is 140 g/mol. The maximum absolute atomic E-state index is 10.2. The molecule has 0 aliphatic carbocycles. The van der Waals surface area contributed by atoms with Gasteiger partial charge in [-0.2, -0.15) is 21.5 Å². The van der Waals surface area contributed by atoms with Crippen LogP contribution in [0.15, 0.2) is 0 Å². The van der Waals surface area contributed by atoms with Gasteiger partial charge in [0.15, 0.2) is 0 Å². The molecule has 8 nitrogen and oxygen atoms in total. The second kappa shape index (κ2) is 4.06. The Morgan fingerprint density at radius 2 is 1.30 bits per heavy atom. The van der Waals surface area contributed by atoms with Gasteiger partial charge in [-0.1, -0.05) is 0 Å². The van der Waals surface area contributed by atoms with Crippen molar-refractivity contribution in [2.24, 2.45) is 0 Å². The summed E-state index contributed by atoms with van der Waals surface area (Å²) in [6.07, 6.45) is 0. The molecule has 0 aromatic carbocycles. The Hall–Kier alpha value is -1.86. The molecule has 0 spiro atoms. The Kier molecular flexibility index (Phi) is 3.31. The summed E-state index contributed by atoms with van der Waals surface area (Å²) in [5.41, 5.74) is 18.7. The summed E-state index contributed by atoms with van der Waals surface area (Å²) in [5.74, 6) is -2.30. The number of carbonyl (C=O) groups is 2. The molecule has 0 bridgehead atoms. The van der Waals surface area contributed by atoms with Gasteiger partial charge >= 0.3 is 0 Å². The summed E-state index contributed by atoms with van der Waals surface area (Å²) < 4.78 is 0. The van der Waals surface area contributed by atoms with Crippen LogP contribution in [0.4, 0.5) is 0 Å². The fraction of sp³-hybridized carbons (Fsp3) is 0. The summed E-state index contributed by atoms with van der Waals surface area (Å²) in [6, 6.07) is 0. The molecular formula is C2H4N6O2. The molecule has 0 aromatic heterocycles. The summed E-state index contributed by atoms with van der Waals surface area (Å²) in [4.78, 5) is 20.5. The van der Waals surface area contributed by atoms with Crippen molar-refractivity contribution in [3.05, 3.63) is 11.1 Å². The van der Waals surface area contributed by atoms with E-state index in [-0.39, 0.29) is 0 Å². The van der Waals surface area contributed by atoms with E-state index < -0.39 is 11.8 Å². The van der Waals surface area contributed by atoms with Crippen molar-refractivity contribution >= 4 is 11.8 Å². The smallest absolute Gasteiger partial charge is 0.264 e. The third kappa shape index (κ3) is 2.45. The molecule has 4 N–H and O–H groups in total. The van der Waals surface area contributed by atoms with E-state index in [0.29, 0.717) is 0 Å². The molecule has 0 heterocycles. The number of rotatable bonds is 2. The number of amides is 2. The zero-order valence-electron chi connectivity index (χ0n) is 4.71. The van der Waals surface area contributed by atoms with Crippen LogP contribution in [0.25, 0.3) is 11.1 Å². The fourth-order valence-electron chi connectivity index (χ4n) is 0.215. The van der Waals surface area contributed by atoms with Crippen LogP contribution in [0.1, 0.15) is 0 Å². The topological polar surface area (TPSA) is 131 Å². The summed E-state index contributed by atoms with van der Waals surface area (Å²) >= 11 is 0. The van der Waals surface area contributed by atoms with Crippen LogP contribution in [-0.4, -0.2) is 11.8 Å². The van der Waals surface area contributed by atoms with Crippen molar-refractivity contribution in [1.82, 2.24) is 10.9 Å². The lowest BCUT2D eigenvalue weighted by molar-refractivity contribution is -0.539. The molecule has 0 saturated heterocycles. The van der Waals surface area contributed by atoms with Crippen LogP contribution in [0.2, 0.25) is 0 Å². The predicted octanol–water partition coefficient (Wildman–Crippen LogP) is -4.75. The van der Waals surface area contributed by atoms with Gasteiger partial charge in [0.05, 0.1) is 0 Å². The Bertz CT molecular complexity index is 155. The predicted molar refractivity (Wildman–Crippen MR) is 24.9 cm³/mol. The maximum Gasteiger partial charge on any atom is 0.264 e. The molecule has 0 rings (SSSR count). The van der Waals surface area contributed by atoms with Gasteiger partial charge in [0.2, 0.25) is 0 Å². The largest absolute Gasteiger partial charge is 0.285 e. The molecule has 54 valence electrons. The maximum atomic E-state index is 10.2. The van der Waals surface area contributed by atoms with Gasteiger partial charge in [-0.05, 0) is 0 Å². The number of carbonyl (C=O) groups excluding carboxylic acids is 2. The van der Waals surface area contributed by atoms with E-state index >= 15 is 0 Å². The molecule has 0 unspecified atom stereocenters. The molecule has 0 atom stereocenters. The molecule has 0 fully saturated rings. The molecule has 0 aliphatic rings. The number of hydrazine groups is 2. The second-order valence-electron chi connectivity index (χ2n) is 1.13. The van der Waals surface area contributed by atoms with E-state index in [1.54, 1.807) is 0 Å². The minimum atomic E-state index is -1.15. The van der Waals surface area contributed by atoms with E-state index in [1.165, 1.54) is 21.3 Å². The van der Waals surface area contributed by atoms with Gasteiger partial charge in [-0.25, -0.2) is 10.9 Å². The zero-order valence-corrected chi connectivity index (χ0v) is 4.71. The lowest BCUT2D eigenvalue weighted by atomic mass is 10.6. The first-order valence-electron chi connectivity index (χ1n) is 2.11. The molecule has 0 saturated carbocycles. The van der Waals surface area contributed by atoms with Crippen molar-refractivity contribution in [3.63, 3.8) is 0 Å². The average molecular weight is 144 g/mol. The Labute approximate surface area is 54.9 Å². The van der Waals surface area contributed by atoms with Gasteiger partial charge in [0.1, 0.15) is 0 Å². The van der Waals surface area contributed by atoms with Crippen LogP contribution < -0.4 is 21.3 Å². The summed E-state index contributed by atoms with van der Waals surface area (Å²) in [5, 5.41) is 2.47. The highest BCUT2D eigenvalue weighted by Crippen LogP contribution is 1.54. The lowest BCUT2D eigenvalue weighted by Gasteiger charge is -1.96. The minimum absolute atomic E-state index is 1.15. The van der Waals surface area contributed by atoms with E-state index in [9.17, 15) is 9.59 Å². The van der Waals surface area contributed by atoms with E-state index in [2.05, 4.69) is 0 Å². The highest BCUT2D eigenvalue weighted by atomic mass is 16.2. The number of nitrogens with one attached hydrogen (secondary N) is 4. The Morgan fingerprint density at radius 3 is 1.50 bits per heavy atom. The molecule has 0 aliphatic heterocycles. The second-order valence-corrected chi connectivity index (χ2v) is 1.13. The van der Waals surface area contributed by atoms with Crippen molar-refractivity contribution in [2.45, 2.75) is 0 Å². The molecule has 10 heavy (non-hydrogen) atoms. The Morgan fingerprint density at radius 1 is 1.00 bits per heavy atom. The average Bonchev–Trinajstić information content (AvgIpc) is 1.89. The normalized spacial score (nSPS) is 7.60. The van der Waals surface area contributed by atoms with Gasteiger partial charge in [0, 0.05) is 0 Å². The third-order valence-corrected chi connectivity index (χ3v) is 0.545. The molecule has 0 aromatic rings. The minimum Gasteiger partial charge on any atom is -0.285 e. The highest BCUT2D eigenvalue weighted by molar-refractivity contribution is 6.34. The third-order valence-electron chi connectivity index (χ3n) is 0.545. The monoisotopic (exact) mass is 144 g/mol. The zero-order chi connectivity index (χ0) is 7.98. The first-order valence-corrected chi connectivity index (χ1v) is 2.11. The summed E-state index contributed by atoms with van der Waals surface area (Å²) in [7, 11) is 0. The van der Waals surface area contributed by atoms with Crippen LogP contribution >= 0.6 is 0 Å². The van der Waals surface area contributed by atoms with Crippen LogP contribution in [0, 0.1) is 0 Å². The van der Waals surface area contributed by atoms with Gasteiger partial charge in [0.25, 0.3) is 11.8 Å². The molecule has 2 amide bonds. The van der Waals surface area contributed by atoms with Crippen molar-refractivity contribution < 1.29 is 20.0 Å². The fourth-order valence-corrected chi connectivity index (χ4v) is 0.215. The number of hydrogen-bond donors (Lipinski definition) is 4. The SMILES string of the molecule is [N-]=[NH+]NC(=O)C(=O)N[NH+]=[N-]. The van der Waals surface area contributed by atoms with Crippen molar-refractivity contribution in [1.29, 1.82) is 0 Å². The number of nitrogens with zero attached hydrogens (tertiary/aromatic N) is 2.